The van der Waals surface area contributed by atoms with Gasteiger partial charge in [-0.15, -0.1) is 12.4 Å². The number of hydrogen-bond acceptors (Lipinski definition) is 3. The standard InChI is InChI=1S/C12H24N2O2.ClH/c1-9(2)5-10(3-4-15)6-14-12(16)11-7-13-8-11;/h9-11,13,15H,3-8H2,1-2H3,(H,14,16);1H. The van der Waals surface area contributed by atoms with Crippen LogP contribution in [0, 0.1) is 17.8 Å². The van der Waals surface area contributed by atoms with E-state index >= 15 is 0 Å². The summed E-state index contributed by atoms with van der Waals surface area (Å²) >= 11 is 0. The number of nitrogens with one attached hydrogen (secondary N) is 2. The summed E-state index contributed by atoms with van der Waals surface area (Å²) in [5, 5.41) is 15.0. The molecule has 0 radical (unpaired) electrons. The molecule has 1 atom stereocenters. The molecule has 1 saturated heterocycles. The van der Waals surface area contributed by atoms with Crippen LogP contribution in [-0.4, -0.2) is 37.3 Å². The highest BCUT2D eigenvalue weighted by Crippen LogP contribution is 2.14. The van der Waals surface area contributed by atoms with E-state index in [0.29, 0.717) is 18.4 Å². The Bertz CT molecular complexity index is 221. The first-order chi connectivity index (χ1) is 7.63. The summed E-state index contributed by atoms with van der Waals surface area (Å²) in [6.45, 7) is 6.86. The van der Waals surface area contributed by atoms with Crippen molar-refractivity contribution in [3.8, 4) is 0 Å². The molecule has 0 saturated carbocycles. The third-order valence-electron chi connectivity index (χ3n) is 3.06. The van der Waals surface area contributed by atoms with Gasteiger partial charge in [-0.1, -0.05) is 13.8 Å². The van der Waals surface area contributed by atoms with Crippen molar-refractivity contribution in [2.24, 2.45) is 17.8 Å². The van der Waals surface area contributed by atoms with Gasteiger partial charge >= 0.3 is 0 Å². The summed E-state index contributed by atoms with van der Waals surface area (Å²) in [6.07, 6.45) is 1.84. The Balaban J connectivity index is 0.00000256. The van der Waals surface area contributed by atoms with E-state index in [1.54, 1.807) is 0 Å². The first-order valence-electron chi connectivity index (χ1n) is 6.22. The maximum atomic E-state index is 11.6. The average Bonchev–Trinajstić information content (AvgIpc) is 2.11. The number of amides is 1. The molecule has 0 aromatic heterocycles. The number of aliphatic hydroxyl groups is 1. The smallest absolute Gasteiger partial charge is 0.225 e. The number of carbonyl (C=O) groups excluding carboxylic acids is 1. The molecule has 102 valence electrons. The summed E-state index contributed by atoms with van der Waals surface area (Å²) in [7, 11) is 0. The molecule has 4 nitrogen and oxygen atoms in total. The van der Waals surface area contributed by atoms with Crippen molar-refractivity contribution in [1.29, 1.82) is 0 Å². The minimum Gasteiger partial charge on any atom is -0.396 e. The molecule has 1 aliphatic rings. The first kappa shape index (κ1) is 16.7. The van der Waals surface area contributed by atoms with E-state index in [1.807, 2.05) is 0 Å². The van der Waals surface area contributed by atoms with Crippen LogP contribution >= 0.6 is 12.4 Å². The van der Waals surface area contributed by atoms with Gasteiger partial charge in [0.1, 0.15) is 0 Å². The summed E-state index contributed by atoms with van der Waals surface area (Å²) in [5.41, 5.74) is 0. The number of hydrogen-bond donors (Lipinski definition) is 3. The predicted octanol–water partition coefficient (Wildman–Crippen LogP) is 0.788. The second-order valence-corrected chi connectivity index (χ2v) is 5.11. The summed E-state index contributed by atoms with van der Waals surface area (Å²) < 4.78 is 0. The second kappa shape index (κ2) is 8.72. The molecular weight excluding hydrogens is 240 g/mol. The zero-order chi connectivity index (χ0) is 12.0. The number of halogens is 1. The van der Waals surface area contributed by atoms with Crippen molar-refractivity contribution in [2.45, 2.75) is 26.7 Å². The Kier molecular flexibility index (Phi) is 8.56. The molecule has 1 fully saturated rings. The Hall–Kier alpha value is -0.320. The molecule has 0 aliphatic carbocycles. The highest BCUT2D eigenvalue weighted by molar-refractivity contribution is 5.85. The Labute approximate surface area is 110 Å². The third kappa shape index (κ3) is 6.24. The molecule has 17 heavy (non-hydrogen) atoms. The SMILES string of the molecule is CC(C)CC(CCO)CNC(=O)C1CNC1.Cl. The Morgan fingerprint density at radius 1 is 1.47 bits per heavy atom. The fraction of sp³-hybridized carbons (Fsp3) is 0.917. The van der Waals surface area contributed by atoms with E-state index in [4.69, 9.17) is 5.11 Å². The molecule has 1 rings (SSSR count). The van der Waals surface area contributed by atoms with Crippen molar-refractivity contribution in [2.75, 3.05) is 26.2 Å². The topological polar surface area (TPSA) is 61.4 Å². The van der Waals surface area contributed by atoms with Gasteiger partial charge in [0, 0.05) is 26.2 Å². The lowest BCUT2D eigenvalue weighted by molar-refractivity contribution is -0.126. The van der Waals surface area contributed by atoms with Gasteiger partial charge in [-0.3, -0.25) is 4.79 Å². The summed E-state index contributed by atoms with van der Waals surface area (Å²) in [4.78, 5) is 11.6. The maximum absolute atomic E-state index is 11.6. The summed E-state index contributed by atoms with van der Waals surface area (Å²) in [5.74, 6) is 1.33. The lowest BCUT2D eigenvalue weighted by Gasteiger charge is -2.27. The molecule has 1 amide bonds. The fourth-order valence-electron chi connectivity index (χ4n) is 2.02. The van der Waals surface area contributed by atoms with Crippen molar-refractivity contribution in [1.82, 2.24) is 10.6 Å². The van der Waals surface area contributed by atoms with Crippen molar-refractivity contribution in [3.05, 3.63) is 0 Å². The molecule has 1 heterocycles. The van der Waals surface area contributed by atoms with Gasteiger partial charge in [0.2, 0.25) is 5.91 Å². The van der Waals surface area contributed by atoms with Gasteiger partial charge in [0.25, 0.3) is 0 Å². The van der Waals surface area contributed by atoms with Crippen LogP contribution in [0.3, 0.4) is 0 Å². The lowest BCUT2D eigenvalue weighted by Crippen LogP contribution is -2.51. The van der Waals surface area contributed by atoms with Crippen LogP contribution in [0.5, 0.6) is 0 Å². The van der Waals surface area contributed by atoms with Crippen molar-refractivity contribution >= 4 is 18.3 Å². The largest absolute Gasteiger partial charge is 0.396 e. The van der Waals surface area contributed by atoms with Gasteiger partial charge in [0.05, 0.1) is 5.92 Å². The van der Waals surface area contributed by atoms with Gasteiger partial charge in [-0.05, 0) is 24.7 Å². The number of rotatable bonds is 7. The minimum absolute atomic E-state index is 0. The highest BCUT2D eigenvalue weighted by atomic mass is 35.5. The monoisotopic (exact) mass is 264 g/mol. The van der Waals surface area contributed by atoms with Crippen LogP contribution in [0.15, 0.2) is 0 Å². The molecular formula is C12H25ClN2O2. The van der Waals surface area contributed by atoms with E-state index in [9.17, 15) is 4.79 Å². The first-order valence-corrected chi connectivity index (χ1v) is 6.22. The molecule has 5 heteroatoms. The van der Waals surface area contributed by atoms with E-state index in [1.165, 1.54) is 0 Å². The van der Waals surface area contributed by atoms with E-state index in [-0.39, 0.29) is 30.8 Å². The van der Waals surface area contributed by atoms with Crippen LogP contribution in [0.2, 0.25) is 0 Å². The Morgan fingerprint density at radius 3 is 2.53 bits per heavy atom. The molecule has 0 aromatic carbocycles. The van der Waals surface area contributed by atoms with Crippen LogP contribution in [0.4, 0.5) is 0 Å². The van der Waals surface area contributed by atoms with Gasteiger partial charge in [0.15, 0.2) is 0 Å². The quantitative estimate of drug-likeness (QED) is 0.637. The zero-order valence-corrected chi connectivity index (χ0v) is 11.6. The van der Waals surface area contributed by atoms with Gasteiger partial charge in [-0.25, -0.2) is 0 Å². The second-order valence-electron chi connectivity index (χ2n) is 5.11. The van der Waals surface area contributed by atoms with Crippen molar-refractivity contribution in [3.63, 3.8) is 0 Å². The normalized spacial score (nSPS) is 17.2. The third-order valence-corrected chi connectivity index (χ3v) is 3.06. The van der Waals surface area contributed by atoms with Gasteiger partial charge < -0.3 is 15.7 Å². The van der Waals surface area contributed by atoms with Crippen LogP contribution in [0.1, 0.15) is 26.7 Å². The number of carbonyl (C=O) groups is 1. The molecule has 1 aliphatic heterocycles. The fourth-order valence-corrected chi connectivity index (χ4v) is 2.02. The molecule has 0 bridgehead atoms. The van der Waals surface area contributed by atoms with Crippen LogP contribution in [-0.2, 0) is 4.79 Å². The van der Waals surface area contributed by atoms with E-state index in [0.717, 1.165) is 25.9 Å². The highest BCUT2D eigenvalue weighted by Gasteiger charge is 2.25. The number of aliphatic hydroxyl groups excluding tert-OH is 1. The molecule has 0 spiro atoms. The van der Waals surface area contributed by atoms with Crippen LogP contribution < -0.4 is 10.6 Å². The zero-order valence-electron chi connectivity index (χ0n) is 10.7. The molecule has 0 aromatic rings. The van der Waals surface area contributed by atoms with E-state index in [2.05, 4.69) is 24.5 Å². The molecule has 3 N–H and O–H groups in total. The van der Waals surface area contributed by atoms with Crippen molar-refractivity contribution < 1.29 is 9.90 Å². The Morgan fingerprint density at radius 2 is 2.12 bits per heavy atom. The minimum atomic E-state index is 0. The van der Waals surface area contributed by atoms with Crippen LogP contribution in [0.25, 0.3) is 0 Å². The van der Waals surface area contributed by atoms with Gasteiger partial charge in [-0.2, -0.15) is 0 Å². The maximum Gasteiger partial charge on any atom is 0.225 e. The predicted molar refractivity (Wildman–Crippen MR) is 71.3 cm³/mol. The molecule has 1 unspecified atom stereocenters. The summed E-state index contributed by atoms with van der Waals surface area (Å²) in [6, 6.07) is 0. The lowest BCUT2D eigenvalue weighted by atomic mass is 9.94. The van der Waals surface area contributed by atoms with E-state index < -0.39 is 0 Å². The average molecular weight is 265 g/mol.